The minimum Gasteiger partial charge on any atom is -0.453 e. The highest BCUT2D eigenvalue weighted by atomic mass is 19.3. The van der Waals surface area contributed by atoms with Crippen molar-refractivity contribution in [1.29, 1.82) is 0 Å². The first-order valence-electron chi connectivity index (χ1n) is 7.17. The molecule has 24 heavy (non-hydrogen) atoms. The molecule has 7 heteroatoms. The van der Waals surface area contributed by atoms with Crippen LogP contribution in [0.5, 0.6) is 5.75 Å². The van der Waals surface area contributed by atoms with Gasteiger partial charge in [0, 0.05) is 11.3 Å². The largest absolute Gasteiger partial charge is 0.453 e. The number of cyclic esters (lactones) is 1. The van der Waals surface area contributed by atoms with Crippen LogP contribution in [0.15, 0.2) is 48.5 Å². The Bertz CT molecular complexity index is 761. The average Bonchev–Trinajstić information content (AvgIpc) is 2.85. The SMILES string of the molecule is O=C(C[C@H]1OC(=O)c2ccccc21)Nc1ccc(OC(F)F)cc1. The average molecular weight is 333 g/mol. The number of ether oxygens (including phenoxy) is 2. The van der Waals surface area contributed by atoms with Crippen molar-refractivity contribution >= 4 is 17.6 Å². The molecule has 2 aromatic carbocycles. The molecule has 0 fully saturated rings. The molecule has 0 radical (unpaired) electrons. The fourth-order valence-electron chi connectivity index (χ4n) is 2.47. The van der Waals surface area contributed by atoms with Gasteiger partial charge in [-0.15, -0.1) is 0 Å². The maximum Gasteiger partial charge on any atom is 0.387 e. The molecule has 1 N–H and O–H groups in total. The van der Waals surface area contributed by atoms with Gasteiger partial charge in [-0.1, -0.05) is 18.2 Å². The Morgan fingerprint density at radius 2 is 1.88 bits per heavy atom. The van der Waals surface area contributed by atoms with E-state index in [1.807, 2.05) is 0 Å². The van der Waals surface area contributed by atoms with Gasteiger partial charge in [0.25, 0.3) is 0 Å². The highest BCUT2D eigenvalue weighted by Gasteiger charge is 2.31. The predicted molar refractivity (Wildman–Crippen MR) is 80.9 cm³/mol. The third-order valence-corrected chi connectivity index (χ3v) is 3.51. The number of carbonyl (C=O) groups excluding carboxylic acids is 2. The lowest BCUT2D eigenvalue weighted by atomic mass is 10.0. The number of hydrogen-bond donors (Lipinski definition) is 1. The first kappa shape index (κ1) is 15.9. The molecule has 124 valence electrons. The fourth-order valence-corrected chi connectivity index (χ4v) is 2.47. The number of alkyl halides is 2. The number of nitrogens with one attached hydrogen (secondary N) is 1. The van der Waals surface area contributed by atoms with E-state index in [-0.39, 0.29) is 18.1 Å². The number of rotatable bonds is 5. The lowest BCUT2D eigenvalue weighted by Gasteiger charge is -2.11. The van der Waals surface area contributed by atoms with Crippen molar-refractivity contribution in [2.24, 2.45) is 0 Å². The summed E-state index contributed by atoms with van der Waals surface area (Å²) in [6.07, 6.45) is -0.659. The number of benzene rings is 2. The summed E-state index contributed by atoms with van der Waals surface area (Å²) in [5, 5.41) is 2.62. The summed E-state index contributed by atoms with van der Waals surface area (Å²) < 4.78 is 33.6. The van der Waals surface area contributed by atoms with Crippen LogP contribution in [0, 0.1) is 0 Å². The van der Waals surface area contributed by atoms with E-state index in [9.17, 15) is 18.4 Å². The van der Waals surface area contributed by atoms with Crippen LogP contribution in [0.4, 0.5) is 14.5 Å². The van der Waals surface area contributed by atoms with Gasteiger partial charge in [-0.2, -0.15) is 8.78 Å². The number of halogens is 2. The van der Waals surface area contributed by atoms with E-state index in [0.29, 0.717) is 16.8 Å². The van der Waals surface area contributed by atoms with Crippen molar-refractivity contribution in [3.8, 4) is 5.75 Å². The van der Waals surface area contributed by atoms with Gasteiger partial charge >= 0.3 is 12.6 Å². The van der Waals surface area contributed by atoms with Gasteiger partial charge in [0.05, 0.1) is 12.0 Å². The molecule has 1 heterocycles. The number of esters is 1. The number of amides is 1. The summed E-state index contributed by atoms with van der Waals surface area (Å²) in [5.41, 5.74) is 1.57. The van der Waals surface area contributed by atoms with Gasteiger partial charge in [-0.05, 0) is 30.3 Å². The van der Waals surface area contributed by atoms with Crippen LogP contribution < -0.4 is 10.1 Å². The van der Waals surface area contributed by atoms with Crippen LogP contribution >= 0.6 is 0 Å². The maximum absolute atomic E-state index is 12.1. The topological polar surface area (TPSA) is 64.6 Å². The van der Waals surface area contributed by atoms with Crippen molar-refractivity contribution in [1.82, 2.24) is 0 Å². The van der Waals surface area contributed by atoms with E-state index in [1.54, 1.807) is 24.3 Å². The monoisotopic (exact) mass is 333 g/mol. The Labute approximate surface area is 136 Å². The minimum absolute atomic E-state index is 0.00153. The van der Waals surface area contributed by atoms with E-state index in [4.69, 9.17) is 4.74 Å². The third kappa shape index (κ3) is 3.51. The van der Waals surface area contributed by atoms with E-state index < -0.39 is 18.7 Å². The van der Waals surface area contributed by atoms with Crippen LogP contribution in [0.25, 0.3) is 0 Å². The number of hydrogen-bond acceptors (Lipinski definition) is 4. The first-order chi connectivity index (χ1) is 11.5. The highest BCUT2D eigenvalue weighted by Crippen LogP contribution is 2.33. The summed E-state index contributed by atoms with van der Waals surface area (Å²) in [6, 6.07) is 12.4. The van der Waals surface area contributed by atoms with Crippen LogP contribution in [0.3, 0.4) is 0 Å². The second kappa shape index (κ2) is 6.66. The van der Waals surface area contributed by atoms with Gasteiger partial charge in [-0.3, -0.25) is 4.79 Å². The van der Waals surface area contributed by atoms with Crippen LogP contribution in [0.2, 0.25) is 0 Å². The molecule has 0 aromatic heterocycles. The molecule has 1 aliphatic rings. The lowest BCUT2D eigenvalue weighted by Crippen LogP contribution is -2.15. The van der Waals surface area contributed by atoms with Crippen LogP contribution in [0.1, 0.15) is 28.4 Å². The second-order valence-electron chi connectivity index (χ2n) is 5.14. The standard InChI is InChI=1S/C17H13F2NO4/c18-17(19)23-11-7-5-10(6-8-11)20-15(21)9-14-12-3-1-2-4-13(12)16(22)24-14/h1-8,14,17H,9H2,(H,20,21)/t14-/m1/s1. The Morgan fingerprint density at radius 3 is 2.58 bits per heavy atom. The number of carbonyl (C=O) groups is 2. The summed E-state index contributed by atoms with van der Waals surface area (Å²) in [6.45, 7) is -2.90. The molecule has 0 aliphatic carbocycles. The number of fused-ring (bicyclic) bond motifs is 1. The van der Waals surface area contributed by atoms with Crippen molar-refractivity contribution in [3.63, 3.8) is 0 Å². The fraction of sp³-hybridized carbons (Fsp3) is 0.176. The summed E-state index contributed by atoms with van der Waals surface area (Å²) >= 11 is 0. The number of anilines is 1. The zero-order chi connectivity index (χ0) is 17.1. The summed E-state index contributed by atoms with van der Waals surface area (Å²) in [7, 11) is 0. The van der Waals surface area contributed by atoms with Crippen molar-refractivity contribution < 1.29 is 27.8 Å². The molecule has 0 saturated carbocycles. The van der Waals surface area contributed by atoms with Gasteiger partial charge < -0.3 is 14.8 Å². The van der Waals surface area contributed by atoms with Crippen molar-refractivity contribution in [2.75, 3.05) is 5.32 Å². The minimum atomic E-state index is -2.90. The smallest absolute Gasteiger partial charge is 0.387 e. The lowest BCUT2D eigenvalue weighted by molar-refractivity contribution is -0.118. The molecule has 5 nitrogen and oxygen atoms in total. The third-order valence-electron chi connectivity index (χ3n) is 3.51. The Morgan fingerprint density at radius 1 is 1.17 bits per heavy atom. The Hall–Kier alpha value is -2.96. The van der Waals surface area contributed by atoms with Crippen molar-refractivity contribution in [2.45, 2.75) is 19.1 Å². The predicted octanol–water partition coefficient (Wildman–Crippen LogP) is 3.53. The molecular formula is C17H13F2NO4. The van der Waals surface area contributed by atoms with Crippen LogP contribution in [-0.2, 0) is 9.53 Å². The molecule has 0 unspecified atom stereocenters. The summed E-state index contributed by atoms with van der Waals surface area (Å²) in [4.78, 5) is 23.8. The molecule has 1 atom stereocenters. The molecule has 1 amide bonds. The second-order valence-corrected chi connectivity index (χ2v) is 5.14. The van der Waals surface area contributed by atoms with E-state index in [0.717, 1.165) is 0 Å². The highest BCUT2D eigenvalue weighted by molar-refractivity contribution is 5.96. The first-order valence-corrected chi connectivity index (χ1v) is 7.17. The molecule has 3 rings (SSSR count). The zero-order valence-electron chi connectivity index (χ0n) is 12.4. The van der Waals surface area contributed by atoms with Gasteiger partial charge in [0.1, 0.15) is 11.9 Å². The van der Waals surface area contributed by atoms with Gasteiger partial charge in [0.2, 0.25) is 5.91 Å². The molecule has 0 spiro atoms. The molecular weight excluding hydrogens is 320 g/mol. The molecule has 2 aromatic rings. The van der Waals surface area contributed by atoms with Gasteiger partial charge in [0.15, 0.2) is 0 Å². The van der Waals surface area contributed by atoms with E-state index >= 15 is 0 Å². The molecule has 0 bridgehead atoms. The Kier molecular flexibility index (Phi) is 4.41. The van der Waals surface area contributed by atoms with Crippen molar-refractivity contribution in [3.05, 3.63) is 59.7 Å². The van der Waals surface area contributed by atoms with Gasteiger partial charge in [-0.25, -0.2) is 4.79 Å². The van der Waals surface area contributed by atoms with E-state index in [2.05, 4.69) is 10.1 Å². The maximum atomic E-state index is 12.1. The van der Waals surface area contributed by atoms with E-state index in [1.165, 1.54) is 24.3 Å². The summed E-state index contributed by atoms with van der Waals surface area (Å²) in [5.74, 6) is -0.800. The van der Waals surface area contributed by atoms with Crippen LogP contribution in [-0.4, -0.2) is 18.5 Å². The Balaban J connectivity index is 1.61. The normalized spacial score (nSPS) is 15.8. The molecule has 1 aliphatic heterocycles. The zero-order valence-corrected chi connectivity index (χ0v) is 12.4. The molecule has 0 saturated heterocycles. The quantitative estimate of drug-likeness (QED) is 0.850.